The van der Waals surface area contributed by atoms with E-state index in [0.29, 0.717) is 0 Å². The highest BCUT2D eigenvalue weighted by Gasteiger charge is 2.35. The zero-order valence-corrected chi connectivity index (χ0v) is 27.2. The highest BCUT2D eigenvalue weighted by atomic mass is 16.3. The maximum Gasteiger partial charge on any atom is 0.139 e. The third-order valence-corrected chi connectivity index (χ3v) is 11.2. The van der Waals surface area contributed by atoms with E-state index in [1.54, 1.807) is 0 Å². The minimum atomic E-state index is -0.0417. The Kier molecular flexibility index (Phi) is 5.09. The van der Waals surface area contributed by atoms with Gasteiger partial charge < -0.3 is 8.83 Å². The maximum atomic E-state index is 6.40. The SMILES string of the molecule is C=C1c2ccccc2-c2ccc(-c3ccc4oc5cc6oc7ccc(-c8ccc9c(c8)C(C)(C)c8ccccc8-9)cc7c6cc5c4c3)cc21. The predicted molar refractivity (Wildman–Crippen MR) is 203 cm³/mol. The van der Waals surface area contributed by atoms with E-state index in [2.05, 4.69) is 154 Å². The molecule has 2 aromatic heterocycles. The lowest BCUT2D eigenvalue weighted by Crippen LogP contribution is -2.14. The molecule has 2 aliphatic rings. The average molecular weight is 627 g/mol. The van der Waals surface area contributed by atoms with E-state index in [4.69, 9.17) is 8.83 Å². The summed E-state index contributed by atoms with van der Waals surface area (Å²) in [5.41, 5.74) is 19.6. The molecule has 0 amide bonds. The van der Waals surface area contributed by atoms with Crippen molar-refractivity contribution in [1.82, 2.24) is 0 Å². The standard InChI is InChI=1S/C47H30O2/c1-26-31-8-4-5-9-32(31)33-16-12-27(20-36(26)33)28-14-18-43-37(21-28)39-24-40-38-22-29(15-19-44(38)49-46(40)25-45(39)48-43)30-13-17-35-34-10-6-7-11-41(34)47(2,3)42(35)23-30/h4-25H,1H2,2-3H3. The fourth-order valence-corrected chi connectivity index (χ4v) is 8.62. The van der Waals surface area contributed by atoms with Gasteiger partial charge in [-0.15, -0.1) is 0 Å². The van der Waals surface area contributed by atoms with E-state index in [1.807, 2.05) is 0 Å². The van der Waals surface area contributed by atoms with E-state index in [0.717, 1.165) is 55.0 Å². The van der Waals surface area contributed by atoms with Crippen LogP contribution in [0.3, 0.4) is 0 Å². The van der Waals surface area contributed by atoms with Crippen molar-refractivity contribution in [3.8, 4) is 44.5 Å². The number of fused-ring (bicyclic) bond motifs is 12. The largest absolute Gasteiger partial charge is 0.456 e. The summed E-state index contributed by atoms with van der Waals surface area (Å²) in [7, 11) is 0. The van der Waals surface area contributed by atoms with Crippen LogP contribution in [0.5, 0.6) is 0 Å². The molecule has 0 fully saturated rings. The van der Waals surface area contributed by atoms with E-state index in [-0.39, 0.29) is 5.41 Å². The minimum absolute atomic E-state index is 0.0417. The number of rotatable bonds is 2. The molecule has 0 bridgehead atoms. The van der Waals surface area contributed by atoms with Crippen LogP contribution < -0.4 is 0 Å². The van der Waals surface area contributed by atoms with Gasteiger partial charge in [0.1, 0.15) is 22.3 Å². The summed E-state index contributed by atoms with van der Waals surface area (Å²) in [5, 5.41) is 4.40. The minimum Gasteiger partial charge on any atom is -0.456 e. The molecule has 0 saturated carbocycles. The number of hydrogen-bond donors (Lipinski definition) is 0. The van der Waals surface area contributed by atoms with Gasteiger partial charge in [0.25, 0.3) is 0 Å². The first kappa shape index (κ1) is 26.9. The summed E-state index contributed by atoms with van der Waals surface area (Å²) in [6, 6.07) is 48.4. The van der Waals surface area contributed by atoms with Gasteiger partial charge >= 0.3 is 0 Å². The summed E-state index contributed by atoms with van der Waals surface area (Å²) in [5.74, 6) is 0. The van der Waals surface area contributed by atoms with Crippen LogP contribution in [0.1, 0.15) is 36.1 Å². The van der Waals surface area contributed by atoms with Gasteiger partial charge in [0.2, 0.25) is 0 Å². The lowest BCUT2D eigenvalue weighted by atomic mass is 9.81. The maximum absolute atomic E-state index is 6.40. The Hall–Kier alpha value is -6.12. The van der Waals surface area contributed by atoms with Gasteiger partial charge in [-0.25, -0.2) is 0 Å². The van der Waals surface area contributed by atoms with E-state index in [9.17, 15) is 0 Å². The second-order valence-electron chi connectivity index (χ2n) is 14.2. The van der Waals surface area contributed by atoms with Crippen molar-refractivity contribution >= 4 is 49.5 Å². The van der Waals surface area contributed by atoms with Crippen molar-refractivity contribution in [3.05, 3.63) is 162 Å². The molecule has 0 atom stereocenters. The molecule has 230 valence electrons. The normalized spacial score (nSPS) is 14.1. The van der Waals surface area contributed by atoms with E-state index in [1.165, 1.54) is 61.2 Å². The summed E-state index contributed by atoms with van der Waals surface area (Å²) >= 11 is 0. The first-order chi connectivity index (χ1) is 23.9. The Balaban J connectivity index is 1.03. The Morgan fingerprint density at radius 2 is 0.878 bits per heavy atom. The highest BCUT2D eigenvalue weighted by molar-refractivity contribution is 6.16. The molecular formula is C47H30O2. The molecule has 0 N–H and O–H groups in total. The molecule has 0 unspecified atom stereocenters. The summed E-state index contributed by atoms with van der Waals surface area (Å²) in [6.45, 7) is 9.10. The molecule has 9 aromatic rings. The second-order valence-corrected chi connectivity index (χ2v) is 14.2. The van der Waals surface area contributed by atoms with Gasteiger partial charge in [0.05, 0.1) is 0 Å². The third kappa shape index (κ3) is 3.61. The molecule has 0 radical (unpaired) electrons. The smallest absolute Gasteiger partial charge is 0.139 e. The van der Waals surface area contributed by atoms with Crippen LogP contribution in [-0.2, 0) is 5.41 Å². The van der Waals surface area contributed by atoms with Gasteiger partial charge in [-0.3, -0.25) is 0 Å². The topological polar surface area (TPSA) is 26.3 Å². The highest BCUT2D eigenvalue weighted by Crippen LogP contribution is 2.50. The van der Waals surface area contributed by atoms with Gasteiger partial charge in [0, 0.05) is 33.0 Å². The van der Waals surface area contributed by atoms with Crippen LogP contribution in [0.25, 0.3) is 94.0 Å². The quantitative estimate of drug-likeness (QED) is 0.191. The Bertz CT molecular complexity index is 2930. The monoisotopic (exact) mass is 626 g/mol. The van der Waals surface area contributed by atoms with E-state index < -0.39 is 0 Å². The fourth-order valence-electron chi connectivity index (χ4n) is 8.62. The molecular weight excluding hydrogens is 597 g/mol. The molecule has 2 nitrogen and oxygen atoms in total. The lowest BCUT2D eigenvalue weighted by Gasteiger charge is -2.22. The van der Waals surface area contributed by atoms with Crippen LogP contribution in [0.15, 0.2) is 149 Å². The van der Waals surface area contributed by atoms with Crippen LogP contribution >= 0.6 is 0 Å². The molecule has 11 rings (SSSR count). The zero-order chi connectivity index (χ0) is 32.6. The van der Waals surface area contributed by atoms with Crippen LogP contribution in [-0.4, -0.2) is 0 Å². The Labute approximate surface area is 283 Å². The van der Waals surface area contributed by atoms with Crippen molar-refractivity contribution in [3.63, 3.8) is 0 Å². The van der Waals surface area contributed by atoms with Gasteiger partial charge in [-0.1, -0.05) is 105 Å². The zero-order valence-electron chi connectivity index (χ0n) is 27.2. The molecule has 0 aliphatic heterocycles. The summed E-state index contributed by atoms with van der Waals surface area (Å²) in [4.78, 5) is 0. The molecule has 2 heteroatoms. The number of benzene rings is 7. The van der Waals surface area contributed by atoms with E-state index >= 15 is 0 Å². The summed E-state index contributed by atoms with van der Waals surface area (Å²) in [6.07, 6.45) is 0. The Morgan fingerprint density at radius 1 is 0.388 bits per heavy atom. The van der Waals surface area contributed by atoms with Crippen molar-refractivity contribution in [2.24, 2.45) is 0 Å². The predicted octanol–water partition coefficient (Wildman–Crippen LogP) is 13.2. The molecule has 0 saturated heterocycles. The number of hydrogen-bond acceptors (Lipinski definition) is 2. The van der Waals surface area contributed by atoms with Gasteiger partial charge in [-0.2, -0.15) is 0 Å². The first-order valence-corrected chi connectivity index (χ1v) is 16.9. The molecule has 0 spiro atoms. The van der Waals surface area contributed by atoms with Crippen molar-refractivity contribution < 1.29 is 8.83 Å². The van der Waals surface area contributed by atoms with Crippen LogP contribution in [0.2, 0.25) is 0 Å². The lowest BCUT2D eigenvalue weighted by molar-refractivity contribution is 0.656. The molecule has 7 aromatic carbocycles. The first-order valence-electron chi connectivity index (χ1n) is 16.9. The third-order valence-electron chi connectivity index (χ3n) is 11.2. The van der Waals surface area contributed by atoms with Crippen molar-refractivity contribution in [1.29, 1.82) is 0 Å². The van der Waals surface area contributed by atoms with Gasteiger partial charge in [-0.05, 0) is 115 Å². The van der Waals surface area contributed by atoms with Crippen LogP contribution in [0.4, 0.5) is 0 Å². The second kappa shape index (κ2) is 9.27. The average Bonchev–Trinajstić information content (AvgIpc) is 3.83. The Morgan fingerprint density at radius 3 is 1.57 bits per heavy atom. The molecule has 49 heavy (non-hydrogen) atoms. The molecule has 2 aliphatic carbocycles. The molecule has 2 heterocycles. The van der Waals surface area contributed by atoms with Crippen LogP contribution in [0, 0.1) is 0 Å². The van der Waals surface area contributed by atoms with Crippen molar-refractivity contribution in [2.45, 2.75) is 19.3 Å². The van der Waals surface area contributed by atoms with Gasteiger partial charge in [0.15, 0.2) is 0 Å². The fraction of sp³-hybridized carbons (Fsp3) is 0.0638. The summed E-state index contributed by atoms with van der Waals surface area (Å²) < 4.78 is 12.8. The number of furan rings is 2. The van der Waals surface area contributed by atoms with Crippen molar-refractivity contribution in [2.75, 3.05) is 0 Å².